The van der Waals surface area contributed by atoms with Gasteiger partial charge in [-0.1, -0.05) is 60.7 Å². The Bertz CT molecular complexity index is 645. The Balaban J connectivity index is 1.63. The summed E-state index contributed by atoms with van der Waals surface area (Å²) in [6.45, 7) is 0.543. The SMILES string of the molecule is O=C1CCC(C(=O)NCCC(c2ccccc2)c2ccccc2)O1. The molecule has 0 aromatic heterocycles. The molecule has 0 saturated carbocycles. The minimum atomic E-state index is -0.621. The van der Waals surface area contributed by atoms with E-state index in [9.17, 15) is 9.59 Å². The van der Waals surface area contributed by atoms with Gasteiger partial charge >= 0.3 is 5.97 Å². The summed E-state index contributed by atoms with van der Waals surface area (Å²) >= 11 is 0. The van der Waals surface area contributed by atoms with Crippen LogP contribution in [0.5, 0.6) is 0 Å². The van der Waals surface area contributed by atoms with Gasteiger partial charge < -0.3 is 10.1 Å². The number of ether oxygens (including phenoxy) is 1. The summed E-state index contributed by atoms with van der Waals surface area (Å²) in [7, 11) is 0. The van der Waals surface area contributed by atoms with Gasteiger partial charge in [-0.2, -0.15) is 0 Å². The Morgan fingerprint density at radius 1 is 1.04 bits per heavy atom. The first-order valence-electron chi connectivity index (χ1n) is 8.31. The van der Waals surface area contributed by atoms with E-state index in [1.807, 2.05) is 36.4 Å². The lowest BCUT2D eigenvalue weighted by atomic mass is 9.88. The van der Waals surface area contributed by atoms with Gasteiger partial charge in [0.05, 0.1) is 0 Å². The summed E-state index contributed by atoms with van der Waals surface area (Å²) in [4.78, 5) is 23.2. The van der Waals surface area contributed by atoms with Gasteiger partial charge in [-0.3, -0.25) is 9.59 Å². The lowest BCUT2D eigenvalue weighted by molar-refractivity contribution is -0.148. The average molecular weight is 323 g/mol. The maximum absolute atomic E-state index is 12.1. The molecule has 0 spiro atoms. The van der Waals surface area contributed by atoms with Crippen LogP contribution in [-0.2, 0) is 14.3 Å². The van der Waals surface area contributed by atoms with Gasteiger partial charge in [-0.25, -0.2) is 0 Å². The molecule has 124 valence electrons. The first-order valence-corrected chi connectivity index (χ1v) is 8.31. The van der Waals surface area contributed by atoms with E-state index in [4.69, 9.17) is 4.74 Å². The second-order valence-corrected chi connectivity index (χ2v) is 5.97. The second kappa shape index (κ2) is 7.77. The Kier molecular flexibility index (Phi) is 5.26. The number of nitrogens with one attached hydrogen (secondary N) is 1. The van der Waals surface area contributed by atoms with E-state index in [0.717, 1.165) is 6.42 Å². The van der Waals surface area contributed by atoms with Gasteiger partial charge in [0, 0.05) is 25.3 Å². The Morgan fingerprint density at radius 2 is 1.62 bits per heavy atom. The van der Waals surface area contributed by atoms with Crippen LogP contribution in [-0.4, -0.2) is 24.5 Å². The van der Waals surface area contributed by atoms with Gasteiger partial charge in [0.1, 0.15) is 0 Å². The van der Waals surface area contributed by atoms with Crippen LogP contribution in [0.4, 0.5) is 0 Å². The fourth-order valence-corrected chi connectivity index (χ4v) is 3.06. The maximum Gasteiger partial charge on any atom is 0.306 e. The van der Waals surface area contributed by atoms with Gasteiger partial charge in [0.2, 0.25) is 0 Å². The molecule has 2 aromatic carbocycles. The second-order valence-electron chi connectivity index (χ2n) is 5.97. The van der Waals surface area contributed by atoms with Crippen molar-refractivity contribution in [2.75, 3.05) is 6.54 Å². The highest BCUT2D eigenvalue weighted by atomic mass is 16.6. The lowest BCUT2D eigenvalue weighted by Crippen LogP contribution is -2.35. The van der Waals surface area contributed by atoms with E-state index in [-0.39, 0.29) is 17.8 Å². The van der Waals surface area contributed by atoms with Crippen LogP contribution in [0.2, 0.25) is 0 Å². The topological polar surface area (TPSA) is 55.4 Å². The molecule has 4 nitrogen and oxygen atoms in total. The zero-order valence-corrected chi connectivity index (χ0v) is 13.5. The van der Waals surface area contributed by atoms with E-state index in [2.05, 4.69) is 29.6 Å². The fourth-order valence-electron chi connectivity index (χ4n) is 3.06. The molecule has 1 aliphatic heterocycles. The first kappa shape index (κ1) is 16.2. The molecule has 1 fully saturated rings. The normalized spacial score (nSPS) is 16.9. The highest BCUT2D eigenvalue weighted by Gasteiger charge is 2.29. The molecule has 24 heavy (non-hydrogen) atoms. The molecule has 1 N–H and O–H groups in total. The fraction of sp³-hybridized carbons (Fsp3) is 0.300. The van der Waals surface area contributed by atoms with Crippen molar-refractivity contribution in [3.05, 3.63) is 71.8 Å². The zero-order chi connectivity index (χ0) is 16.8. The van der Waals surface area contributed by atoms with Crippen LogP contribution in [0.1, 0.15) is 36.3 Å². The molecular weight excluding hydrogens is 302 g/mol. The van der Waals surface area contributed by atoms with E-state index >= 15 is 0 Å². The number of rotatable bonds is 6. The van der Waals surface area contributed by atoms with Crippen molar-refractivity contribution < 1.29 is 14.3 Å². The number of cyclic esters (lactones) is 1. The minimum absolute atomic E-state index is 0.194. The molecular formula is C20H21NO3. The third-order valence-electron chi connectivity index (χ3n) is 4.31. The van der Waals surface area contributed by atoms with Crippen molar-refractivity contribution in [3.8, 4) is 0 Å². The summed E-state index contributed by atoms with van der Waals surface area (Å²) in [6, 6.07) is 20.6. The number of carbonyl (C=O) groups is 2. The molecule has 0 radical (unpaired) electrons. The Labute approximate surface area is 141 Å². The molecule has 1 amide bonds. The van der Waals surface area contributed by atoms with Gasteiger partial charge in [-0.15, -0.1) is 0 Å². The summed E-state index contributed by atoms with van der Waals surface area (Å²) in [5, 5.41) is 2.90. The zero-order valence-electron chi connectivity index (χ0n) is 13.5. The molecule has 1 saturated heterocycles. The molecule has 1 aliphatic rings. The van der Waals surface area contributed by atoms with Crippen LogP contribution in [0.3, 0.4) is 0 Å². The highest BCUT2D eigenvalue weighted by molar-refractivity contribution is 5.86. The minimum Gasteiger partial charge on any atom is -0.452 e. The molecule has 1 heterocycles. The summed E-state index contributed by atoms with van der Waals surface area (Å²) in [5.41, 5.74) is 2.45. The summed E-state index contributed by atoms with van der Waals surface area (Å²) in [6.07, 6.45) is 0.977. The third-order valence-corrected chi connectivity index (χ3v) is 4.31. The van der Waals surface area contributed by atoms with Crippen molar-refractivity contribution in [2.24, 2.45) is 0 Å². The van der Waals surface area contributed by atoms with Crippen LogP contribution in [0.25, 0.3) is 0 Å². The van der Waals surface area contributed by atoms with Crippen molar-refractivity contribution in [1.82, 2.24) is 5.32 Å². The molecule has 0 aliphatic carbocycles. The number of esters is 1. The largest absolute Gasteiger partial charge is 0.452 e. The summed E-state index contributed by atoms with van der Waals surface area (Å²) in [5.74, 6) is -0.263. The molecule has 1 unspecified atom stereocenters. The van der Waals surface area contributed by atoms with Crippen molar-refractivity contribution >= 4 is 11.9 Å². The van der Waals surface area contributed by atoms with Crippen LogP contribution >= 0.6 is 0 Å². The molecule has 1 atom stereocenters. The van der Waals surface area contributed by atoms with Crippen molar-refractivity contribution in [2.45, 2.75) is 31.3 Å². The quantitative estimate of drug-likeness (QED) is 0.831. The van der Waals surface area contributed by atoms with E-state index < -0.39 is 6.10 Å². The first-order chi connectivity index (χ1) is 11.7. The smallest absolute Gasteiger partial charge is 0.306 e. The number of hydrogen-bond donors (Lipinski definition) is 1. The number of amides is 1. The Morgan fingerprint density at radius 3 is 2.12 bits per heavy atom. The highest BCUT2D eigenvalue weighted by Crippen LogP contribution is 2.27. The van der Waals surface area contributed by atoms with Crippen LogP contribution < -0.4 is 5.32 Å². The Hall–Kier alpha value is -2.62. The lowest BCUT2D eigenvalue weighted by Gasteiger charge is -2.19. The van der Waals surface area contributed by atoms with E-state index in [1.165, 1.54) is 11.1 Å². The molecule has 2 aromatic rings. The monoisotopic (exact) mass is 323 g/mol. The van der Waals surface area contributed by atoms with Crippen LogP contribution in [0.15, 0.2) is 60.7 Å². The number of hydrogen-bond acceptors (Lipinski definition) is 3. The van der Waals surface area contributed by atoms with E-state index in [1.54, 1.807) is 0 Å². The number of benzene rings is 2. The standard InChI is InChI=1S/C20H21NO3/c22-19-12-11-18(24-19)20(23)21-14-13-17(15-7-3-1-4-8-15)16-9-5-2-6-10-16/h1-10,17-18H,11-14H2,(H,21,23). The maximum atomic E-state index is 12.1. The van der Waals surface area contributed by atoms with Gasteiger partial charge in [-0.05, 0) is 17.5 Å². The molecule has 3 rings (SSSR count). The summed E-state index contributed by atoms with van der Waals surface area (Å²) < 4.78 is 5.00. The predicted molar refractivity (Wildman–Crippen MR) is 91.5 cm³/mol. The average Bonchev–Trinajstić information content (AvgIpc) is 3.07. The predicted octanol–water partition coefficient (Wildman–Crippen LogP) is 3.03. The van der Waals surface area contributed by atoms with Crippen molar-refractivity contribution in [1.29, 1.82) is 0 Å². The van der Waals surface area contributed by atoms with Gasteiger partial charge in [0.25, 0.3) is 5.91 Å². The van der Waals surface area contributed by atoms with Crippen LogP contribution in [0, 0.1) is 0 Å². The van der Waals surface area contributed by atoms with E-state index in [0.29, 0.717) is 19.4 Å². The van der Waals surface area contributed by atoms with Gasteiger partial charge in [0.15, 0.2) is 6.10 Å². The third kappa shape index (κ3) is 4.02. The van der Waals surface area contributed by atoms with Crippen molar-refractivity contribution in [3.63, 3.8) is 0 Å². The molecule has 4 heteroatoms. The number of carbonyl (C=O) groups excluding carboxylic acids is 2. The molecule has 0 bridgehead atoms.